The minimum Gasteiger partial charge on any atom is -0.469 e. The lowest BCUT2D eigenvalue weighted by atomic mass is 10.0. The number of aryl methyl sites for hydroxylation is 1. The number of rotatable bonds is 10. The average molecular weight is 293 g/mol. The number of hydrogen-bond acceptors (Lipinski definition) is 4. The van der Waals surface area contributed by atoms with Crippen LogP contribution in [0.3, 0.4) is 0 Å². The summed E-state index contributed by atoms with van der Waals surface area (Å²) in [6.45, 7) is 3.03. The number of ether oxygens (including phenoxy) is 1. The number of aliphatic hydroxyl groups excluding tert-OH is 1. The van der Waals surface area contributed by atoms with E-state index in [1.165, 1.54) is 18.2 Å². The Morgan fingerprint density at radius 1 is 1.29 bits per heavy atom. The number of hydrogen-bond donors (Lipinski definition) is 2. The summed E-state index contributed by atoms with van der Waals surface area (Å²) in [4.78, 5) is 11.5. The van der Waals surface area contributed by atoms with Crippen molar-refractivity contribution in [3.63, 3.8) is 0 Å². The molecule has 1 unspecified atom stereocenters. The fourth-order valence-corrected chi connectivity index (χ4v) is 2.30. The van der Waals surface area contributed by atoms with Gasteiger partial charge in [0.2, 0.25) is 0 Å². The number of methoxy groups -OCH3 is 1. The Hall–Kier alpha value is -1.39. The molecule has 0 radical (unpaired) electrons. The van der Waals surface area contributed by atoms with E-state index in [0.29, 0.717) is 19.4 Å². The van der Waals surface area contributed by atoms with Crippen LogP contribution in [0.4, 0.5) is 0 Å². The predicted octanol–water partition coefficient (Wildman–Crippen LogP) is 2.09. The van der Waals surface area contributed by atoms with Crippen molar-refractivity contribution in [3.8, 4) is 0 Å². The Morgan fingerprint density at radius 2 is 1.95 bits per heavy atom. The molecule has 1 aromatic carbocycles. The highest BCUT2D eigenvalue weighted by Gasteiger charge is 2.14. The van der Waals surface area contributed by atoms with Gasteiger partial charge in [-0.25, -0.2) is 0 Å². The third kappa shape index (κ3) is 7.25. The SMILES string of the molecule is CCCc1ccc(CC(CC(=O)OC)NCCCO)cc1. The van der Waals surface area contributed by atoms with E-state index in [-0.39, 0.29) is 18.6 Å². The summed E-state index contributed by atoms with van der Waals surface area (Å²) in [7, 11) is 1.41. The highest BCUT2D eigenvalue weighted by molar-refractivity contribution is 5.70. The van der Waals surface area contributed by atoms with Crippen LogP contribution in [0.5, 0.6) is 0 Å². The van der Waals surface area contributed by atoms with Crippen LogP contribution in [0.1, 0.15) is 37.3 Å². The number of esters is 1. The average Bonchev–Trinajstić information content (AvgIpc) is 2.49. The summed E-state index contributed by atoms with van der Waals surface area (Å²) in [5.41, 5.74) is 2.55. The Labute approximate surface area is 127 Å². The van der Waals surface area contributed by atoms with Gasteiger partial charge in [0.1, 0.15) is 0 Å². The molecule has 21 heavy (non-hydrogen) atoms. The molecule has 4 heteroatoms. The lowest BCUT2D eigenvalue weighted by Gasteiger charge is -2.18. The van der Waals surface area contributed by atoms with Gasteiger partial charge in [-0.15, -0.1) is 0 Å². The van der Waals surface area contributed by atoms with Crippen molar-refractivity contribution in [2.75, 3.05) is 20.3 Å². The fraction of sp³-hybridized carbons (Fsp3) is 0.588. The number of benzene rings is 1. The van der Waals surface area contributed by atoms with Gasteiger partial charge >= 0.3 is 5.97 Å². The van der Waals surface area contributed by atoms with Crippen LogP contribution in [-0.4, -0.2) is 37.4 Å². The summed E-state index contributed by atoms with van der Waals surface area (Å²) >= 11 is 0. The molecule has 0 saturated heterocycles. The highest BCUT2D eigenvalue weighted by atomic mass is 16.5. The standard InChI is InChI=1S/C17H27NO3/c1-3-5-14-6-8-15(9-7-14)12-16(13-17(20)21-2)18-10-4-11-19/h6-9,16,18-19H,3-5,10-13H2,1-2H3. The topological polar surface area (TPSA) is 58.6 Å². The molecule has 1 atom stereocenters. The van der Waals surface area contributed by atoms with E-state index in [4.69, 9.17) is 9.84 Å². The van der Waals surface area contributed by atoms with E-state index in [9.17, 15) is 4.79 Å². The second-order valence-corrected chi connectivity index (χ2v) is 5.28. The zero-order valence-corrected chi connectivity index (χ0v) is 13.1. The first-order valence-electron chi connectivity index (χ1n) is 7.68. The molecular weight excluding hydrogens is 266 g/mol. The molecule has 0 spiro atoms. The number of nitrogens with one attached hydrogen (secondary N) is 1. The molecule has 118 valence electrons. The van der Waals surface area contributed by atoms with Crippen molar-refractivity contribution >= 4 is 5.97 Å². The highest BCUT2D eigenvalue weighted by Crippen LogP contribution is 2.10. The van der Waals surface area contributed by atoms with Crippen LogP contribution in [0, 0.1) is 0 Å². The van der Waals surface area contributed by atoms with Gasteiger partial charge in [-0.3, -0.25) is 4.79 Å². The molecule has 0 bridgehead atoms. The second kappa shape index (κ2) is 10.4. The molecule has 0 aliphatic rings. The van der Waals surface area contributed by atoms with Gasteiger partial charge in [0, 0.05) is 12.6 Å². The summed E-state index contributed by atoms with van der Waals surface area (Å²) in [6.07, 6.45) is 4.06. The Balaban J connectivity index is 2.58. The van der Waals surface area contributed by atoms with E-state index >= 15 is 0 Å². The van der Waals surface area contributed by atoms with Crippen molar-refractivity contribution in [2.24, 2.45) is 0 Å². The van der Waals surface area contributed by atoms with Crippen LogP contribution >= 0.6 is 0 Å². The van der Waals surface area contributed by atoms with Crippen molar-refractivity contribution in [2.45, 2.75) is 45.1 Å². The zero-order valence-electron chi connectivity index (χ0n) is 13.1. The molecule has 0 aromatic heterocycles. The number of carbonyl (C=O) groups is 1. The smallest absolute Gasteiger partial charge is 0.307 e. The summed E-state index contributed by atoms with van der Waals surface area (Å²) in [6, 6.07) is 8.61. The van der Waals surface area contributed by atoms with E-state index in [1.54, 1.807) is 0 Å². The van der Waals surface area contributed by atoms with Crippen molar-refractivity contribution in [1.82, 2.24) is 5.32 Å². The molecule has 0 fully saturated rings. The summed E-state index contributed by atoms with van der Waals surface area (Å²) in [5, 5.41) is 12.2. The van der Waals surface area contributed by atoms with Crippen molar-refractivity contribution < 1.29 is 14.6 Å². The van der Waals surface area contributed by atoms with E-state index < -0.39 is 0 Å². The van der Waals surface area contributed by atoms with Gasteiger partial charge in [-0.1, -0.05) is 37.6 Å². The zero-order chi connectivity index (χ0) is 15.5. The monoisotopic (exact) mass is 293 g/mol. The lowest BCUT2D eigenvalue weighted by Crippen LogP contribution is -2.34. The van der Waals surface area contributed by atoms with Gasteiger partial charge in [0.15, 0.2) is 0 Å². The van der Waals surface area contributed by atoms with Gasteiger partial charge in [-0.05, 0) is 36.9 Å². The van der Waals surface area contributed by atoms with Crippen LogP contribution in [0.2, 0.25) is 0 Å². The van der Waals surface area contributed by atoms with Crippen LogP contribution in [0.15, 0.2) is 24.3 Å². The Morgan fingerprint density at radius 3 is 2.52 bits per heavy atom. The largest absolute Gasteiger partial charge is 0.469 e. The molecule has 0 heterocycles. The Bertz CT molecular complexity index is 403. The van der Waals surface area contributed by atoms with Gasteiger partial charge < -0.3 is 15.2 Å². The van der Waals surface area contributed by atoms with Crippen molar-refractivity contribution in [1.29, 1.82) is 0 Å². The third-order valence-electron chi connectivity index (χ3n) is 3.45. The fourth-order valence-electron chi connectivity index (χ4n) is 2.30. The first kappa shape index (κ1) is 17.7. The quantitative estimate of drug-likeness (QED) is 0.512. The maximum Gasteiger partial charge on any atom is 0.307 e. The molecule has 0 amide bonds. The molecule has 2 N–H and O–H groups in total. The summed E-state index contributed by atoms with van der Waals surface area (Å²) < 4.78 is 4.75. The van der Waals surface area contributed by atoms with Crippen molar-refractivity contribution in [3.05, 3.63) is 35.4 Å². The third-order valence-corrected chi connectivity index (χ3v) is 3.45. The number of aliphatic hydroxyl groups is 1. The minimum absolute atomic E-state index is 0.0426. The first-order chi connectivity index (χ1) is 10.2. The van der Waals surface area contributed by atoms with Crippen LogP contribution < -0.4 is 5.32 Å². The Kier molecular flexibility index (Phi) is 8.71. The second-order valence-electron chi connectivity index (χ2n) is 5.28. The molecule has 1 aromatic rings. The summed E-state index contributed by atoms with van der Waals surface area (Å²) in [5.74, 6) is -0.209. The molecule has 1 rings (SSSR count). The first-order valence-corrected chi connectivity index (χ1v) is 7.68. The maximum absolute atomic E-state index is 11.5. The van der Waals surface area contributed by atoms with Crippen LogP contribution in [0.25, 0.3) is 0 Å². The van der Waals surface area contributed by atoms with Gasteiger partial charge in [0.05, 0.1) is 13.5 Å². The molecular formula is C17H27NO3. The lowest BCUT2D eigenvalue weighted by molar-refractivity contribution is -0.141. The van der Waals surface area contributed by atoms with Crippen LogP contribution in [-0.2, 0) is 22.4 Å². The predicted molar refractivity (Wildman–Crippen MR) is 84.3 cm³/mol. The maximum atomic E-state index is 11.5. The normalized spacial score (nSPS) is 12.1. The molecule has 4 nitrogen and oxygen atoms in total. The molecule has 0 saturated carbocycles. The molecule has 0 aliphatic heterocycles. The van der Waals surface area contributed by atoms with E-state index in [2.05, 4.69) is 36.5 Å². The van der Waals surface area contributed by atoms with Gasteiger partial charge in [0.25, 0.3) is 0 Å². The minimum atomic E-state index is -0.209. The van der Waals surface area contributed by atoms with E-state index in [1.807, 2.05) is 0 Å². The molecule has 0 aliphatic carbocycles. The van der Waals surface area contributed by atoms with E-state index in [0.717, 1.165) is 19.3 Å². The van der Waals surface area contributed by atoms with Gasteiger partial charge in [-0.2, -0.15) is 0 Å². The number of carbonyl (C=O) groups excluding carboxylic acids is 1.